The van der Waals surface area contributed by atoms with Crippen molar-refractivity contribution in [1.29, 1.82) is 0 Å². The van der Waals surface area contributed by atoms with E-state index >= 15 is 0 Å². The van der Waals surface area contributed by atoms with Crippen molar-refractivity contribution in [2.45, 2.75) is 39.2 Å². The number of carbonyl (C=O) groups is 1. The van der Waals surface area contributed by atoms with Gasteiger partial charge in [-0.1, -0.05) is 6.92 Å². The molecule has 2 rings (SSSR count). The van der Waals surface area contributed by atoms with Crippen LogP contribution in [0.15, 0.2) is 21.3 Å². The normalized spacial score (nSPS) is 18.6. The quantitative estimate of drug-likeness (QED) is 0.831. The fourth-order valence-electron chi connectivity index (χ4n) is 2.26. The summed E-state index contributed by atoms with van der Waals surface area (Å²) in [7, 11) is 0. The van der Waals surface area contributed by atoms with Gasteiger partial charge >= 0.3 is 5.63 Å². The van der Waals surface area contributed by atoms with Crippen LogP contribution in [-0.4, -0.2) is 30.0 Å². The van der Waals surface area contributed by atoms with Crippen molar-refractivity contribution in [2.75, 3.05) is 13.1 Å². The number of rotatable bonds is 4. The maximum Gasteiger partial charge on any atom is 0.339 e. The third-order valence-electron chi connectivity index (χ3n) is 3.13. The van der Waals surface area contributed by atoms with Gasteiger partial charge in [-0.05, 0) is 13.3 Å². The number of amides is 1. The van der Waals surface area contributed by atoms with Crippen LogP contribution in [0.2, 0.25) is 0 Å². The molecule has 0 saturated carbocycles. The molecule has 0 radical (unpaired) electrons. The highest BCUT2D eigenvalue weighted by Gasteiger charge is 2.27. The summed E-state index contributed by atoms with van der Waals surface area (Å²) in [6.45, 7) is 5.02. The Hall–Kier alpha value is -1.78. The highest BCUT2D eigenvalue weighted by atomic mass is 16.5. The molecule has 2 heterocycles. The van der Waals surface area contributed by atoms with Crippen LogP contribution in [0.25, 0.3) is 0 Å². The lowest BCUT2D eigenvalue weighted by molar-refractivity contribution is -0.130. The van der Waals surface area contributed by atoms with E-state index in [2.05, 4.69) is 0 Å². The summed E-state index contributed by atoms with van der Waals surface area (Å²) < 4.78 is 10.6. The average Bonchev–Trinajstić information content (AvgIpc) is 2.76. The maximum atomic E-state index is 11.8. The largest absolute Gasteiger partial charge is 0.488 e. The lowest BCUT2D eigenvalue weighted by Crippen LogP contribution is -2.30. The van der Waals surface area contributed by atoms with E-state index in [0.29, 0.717) is 24.5 Å². The first-order valence-corrected chi connectivity index (χ1v) is 6.64. The molecule has 0 N–H and O–H groups in total. The van der Waals surface area contributed by atoms with E-state index in [-0.39, 0.29) is 12.0 Å². The van der Waals surface area contributed by atoms with Gasteiger partial charge in [0.2, 0.25) is 5.91 Å². The summed E-state index contributed by atoms with van der Waals surface area (Å²) in [5.74, 6) is 1.22. The Bertz CT molecular complexity index is 508. The number of ether oxygens (including phenoxy) is 1. The molecule has 0 aromatic carbocycles. The van der Waals surface area contributed by atoms with E-state index < -0.39 is 5.63 Å². The number of aryl methyl sites for hydroxylation is 1. The zero-order valence-electron chi connectivity index (χ0n) is 11.3. The molecule has 0 aliphatic carbocycles. The molecule has 104 valence electrons. The van der Waals surface area contributed by atoms with Crippen molar-refractivity contribution < 1.29 is 13.9 Å². The Morgan fingerprint density at radius 3 is 3.00 bits per heavy atom. The molecular weight excluding hydrogens is 246 g/mol. The number of hydrogen-bond donors (Lipinski definition) is 0. The van der Waals surface area contributed by atoms with Crippen LogP contribution in [0.4, 0.5) is 0 Å². The number of hydrogen-bond acceptors (Lipinski definition) is 4. The van der Waals surface area contributed by atoms with Gasteiger partial charge in [0.15, 0.2) is 0 Å². The molecule has 1 aromatic heterocycles. The van der Waals surface area contributed by atoms with Crippen LogP contribution < -0.4 is 10.4 Å². The minimum absolute atomic E-state index is 0.0398. The fourth-order valence-corrected chi connectivity index (χ4v) is 2.26. The highest BCUT2D eigenvalue weighted by molar-refractivity contribution is 5.76. The van der Waals surface area contributed by atoms with Gasteiger partial charge in [-0.2, -0.15) is 0 Å². The third-order valence-corrected chi connectivity index (χ3v) is 3.13. The van der Waals surface area contributed by atoms with E-state index in [1.54, 1.807) is 13.0 Å². The van der Waals surface area contributed by atoms with Crippen molar-refractivity contribution in [2.24, 2.45) is 0 Å². The standard InChI is InChI=1S/C14H19NO4/c1-3-4-13(16)15-6-5-11(9-15)19-12-7-10(2)18-14(17)8-12/h7-8,11H,3-6,9H2,1-2H3. The molecule has 1 aromatic rings. The molecule has 1 fully saturated rings. The predicted octanol–water partition coefficient (Wildman–Crippen LogP) is 1.73. The second-order valence-electron chi connectivity index (χ2n) is 4.84. The van der Waals surface area contributed by atoms with Crippen LogP contribution in [0, 0.1) is 6.92 Å². The summed E-state index contributed by atoms with van der Waals surface area (Å²) in [6, 6.07) is 3.03. The van der Waals surface area contributed by atoms with Crippen LogP contribution in [0.3, 0.4) is 0 Å². The first-order valence-electron chi connectivity index (χ1n) is 6.64. The van der Waals surface area contributed by atoms with Crippen molar-refractivity contribution >= 4 is 5.91 Å². The van der Waals surface area contributed by atoms with Gasteiger partial charge in [0.1, 0.15) is 17.6 Å². The van der Waals surface area contributed by atoms with E-state index in [0.717, 1.165) is 19.4 Å². The van der Waals surface area contributed by atoms with Crippen molar-refractivity contribution in [3.8, 4) is 5.75 Å². The van der Waals surface area contributed by atoms with Gasteiger partial charge in [0.25, 0.3) is 0 Å². The predicted molar refractivity (Wildman–Crippen MR) is 70.2 cm³/mol. The minimum Gasteiger partial charge on any atom is -0.488 e. The third kappa shape index (κ3) is 3.59. The summed E-state index contributed by atoms with van der Waals surface area (Å²) in [4.78, 5) is 24.8. The van der Waals surface area contributed by atoms with Gasteiger partial charge in [-0.15, -0.1) is 0 Å². The summed E-state index contributed by atoms with van der Waals surface area (Å²) in [5.41, 5.74) is -0.410. The molecule has 5 nitrogen and oxygen atoms in total. The Morgan fingerprint density at radius 1 is 1.53 bits per heavy atom. The second kappa shape index (κ2) is 5.91. The lowest BCUT2D eigenvalue weighted by Gasteiger charge is -2.16. The first kappa shape index (κ1) is 13.6. The van der Waals surface area contributed by atoms with Crippen molar-refractivity contribution in [3.63, 3.8) is 0 Å². The summed E-state index contributed by atoms with van der Waals surface area (Å²) >= 11 is 0. The molecule has 5 heteroatoms. The smallest absolute Gasteiger partial charge is 0.339 e. The van der Waals surface area contributed by atoms with Crippen molar-refractivity contribution in [1.82, 2.24) is 4.90 Å². The van der Waals surface area contributed by atoms with Gasteiger partial charge in [0, 0.05) is 25.5 Å². The Balaban J connectivity index is 1.94. The van der Waals surface area contributed by atoms with Gasteiger partial charge in [-0.3, -0.25) is 4.79 Å². The molecule has 19 heavy (non-hydrogen) atoms. The Kier molecular flexibility index (Phi) is 4.24. The van der Waals surface area contributed by atoms with E-state index in [1.165, 1.54) is 6.07 Å². The molecule has 1 aliphatic rings. The molecule has 0 bridgehead atoms. The van der Waals surface area contributed by atoms with E-state index in [1.807, 2.05) is 11.8 Å². The van der Waals surface area contributed by atoms with Gasteiger partial charge < -0.3 is 14.1 Å². The summed E-state index contributed by atoms with van der Waals surface area (Å²) in [5, 5.41) is 0. The topological polar surface area (TPSA) is 59.8 Å². The SMILES string of the molecule is CCCC(=O)N1CCC(Oc2cc(C)oc(=O)c2)C1. The molecule has 1 atom stereocenters. The Morgan fingerprint density at radius 2 is 2.32 bits per heavy atom. The molecule has 1 amide bonds. The van der Waals surface area contributed by atoms with Crippen molar-refractivity contribution in [3.05, 3.63) is 28.3 Å². The maximum absolute atomic E-state index is 11.8. The minimum atomic E-state index is -0.410. The Labute approximate surface area is 112 Å². The second-order valence-corrected chi connectivity index (χ2v) is 4.84. The van der Waals surface area contributed by atoms with Gasteiger partial charge in [0.05, 0.1) is 12.6 Å². The zero-order chi connectivity index (χ0) is 13.8. The highest BCUT2D eigenvalue weighted by Crippen LogP contribution is 2.18. The number of carbonyl (C=O) groups excluding carboxylic acids is 1. The molecule has 0 spiro atoms. The first-order chi connectivity index (χ1) is 9.08. The monoisotopic (exact) mass is 265 g/mol. The number of nitrogens with zero attached hydrogens (tertiary/aromatic N) is 1. The summed E-state index contributed by atoms with van der Waals surface area (Å²) in [6.07, 6.45) is 2.21. The molecule has 1 aliphatic heterocycles. The van der Waals surface area contributed by atoms with Crippen LogP contribution >= 0.6 is 0 Å². The van der Waals surface area contributed by atoms with Crippen LogP contribution in [0.1, 0.15) is 31.9 Å². The van der Waals surface area contributed by atoms with Crippen LogP contribution in [-0.2, 0) is 4.79 Å². The van der Waals surface area contributed by atoms with E-state index in [9.17, 15) is 9.59 Å². The van der Waals surface area contributed by atoms with Gasteiger partial charge in [-0.25, -0.2) is 4.79 Å². The molecular formula is C14H19NO4. The van der Waals surface area contributed by atoms with Crippen LogP contribution in [0.5, 0.6) is 5.75 Å². The molecule has 1 saturated heterocycles. The van der Waals surface area contributed by atoms with E-state index in [4.69, 9.17) is 9.15 Å². The average molecular weight is 265 g/mol. The number of likely N-dealkylation sites (tertiary alicyclic amines) is 1. The lowest BCUT2D eigenvalue weighted by atomic mass is 10.3. The molecule has 1 unspecified atom stereocenters. The fraction of sp³-hybridized carbons (Fsp3) is 0.571. The zero-order valence-corrected chi connectivity index (χ0v) is 11.3.